The first-order valence-electron chi connectivity index (χ1n) is 8.02. The van der Waals surface area contributed by atoms with E-state index in [1.807, 2.05) is 6.92 Å². The van der Waals surface area contributed by atoms with Crippen molar-refractivity contribution in [3.8, 4) is 0 Å². The van der Waals surface area contributed by atoms with Crippen LogP contribution in [0.15, 0.2) is 23.6 Å². The van der Waals surface area contributed by atoms with Gasteiger partial charge in [0, 0.05) is 25.0 Å². The van der Waals surface area contributed by atoms with Gasteiger partial charge in [-0.25, -0.2) is 9.97 Å². The van der Waals surface area contributed by atoms with Crippen LogP contribution in [0.25, 0.3) is 0 Å². The second-order valence-corrected chi connectivity index (χ2v) is 9.28. The maximum Gasteiger partial charge on any atom is 0.236 e. The van der Waals surface area contributed by atoms with Crippen LogP contribution in [0.4, 0.5) is 0 Å². The van der Waals surface area contributed by atoms with E-state index in [0.717, 1.165) is 19.4 Å². The number of aromatic nitrogens is 2. The van der Waals surface area contributed by atoms with Crippen molar-refractivity contribution < 1.29 is 4.79 Å². The van der Waals surface area contributed by atoms with Crippen molar-refractivity contribution in [1.82, 2.24) is 14.9 Å². The number of nitrogens with zero attached hydrogens (tertiary/aromatic N) is 3. The van der Waals surface area contributed by atoms with Crippen LogP contribution in [-0.4, -0.2) is 38.6 Å². The van der Waals surface area contributed by atoms with Crippen molar-refractivity contribution >= 4 is 17.7 Å². The van der Waals surface area contributed by atoms with Crippen LogP contribution in [0.2, 0.25) is 0 Å². The topological polar surface area (TPSA) is 46.1 Å². The lowest BCUT2D eigenvalue weighted by atomic mass is 9.65. The zero-order valence-corrected chi connectivity index (χ0v) is 14.7. The van der Waals surface area contributed by atoms with E-state index in [9.17, 15) is 4.79 Å². The number of rotatable bonds is 3. The van der Waals surface area contributed by atoms with Crippen LogP contribution < -0.4 is 0 Å². The normalized spacial score (nSPS) is 31.1. The zero-order valence-electron chi connectivity index (χ0n) is 13.9. The monoisotopic (exact) mass is 319 g/mol. The molecule has 3 unspecified atom stereocenters. The molecule has 0 aromatic carbocycles. The van der Waals surface area contributed by atoms with Gasteiger partial charge in [0.25, 0.3) is 0 Å². The average Bonchev–Trinajstić information content (AvgIpc) is 2.68. The minimum Gasteiger partial charge on any atom is -0.338 e. The molecule has 3 rings (SSSR count). The zero-order chi connectivity index (χ0) is 16.0. The van der Waals surface area contributed by atoms with Crippen LogP contribution in [0.1, 0.15) is 47.0 Å². The summed E-state index contributed by atoms with van der Waals surface area (Å²) in [6.07, 6.45) is 6.93. The molecule has 22 heavy (non-hydrogen) atoms. The van der Waals surface area contributed by atoms with Crippen LogP contribution in [0.5, 0.6) is 0 Å². The Labute approximate surface area is 137 Å². The molecule has 1 aromatic heterocycles. The Morgan fingerprint density at radius 3 is 2.68 bits per heavy atom. The van der Waals surface area contributed by atoms with E-state index in [-0.39, 0.29) is 16.6 Å². The van der Waals surface area contributed by atoms with Crippen LogP contribution in [-0.2, 0) is 4.79 Å². The van der Waals surface area contributed by atoms with Gasteiger partial charge in [0.05, 0.1) is 5.25 Å². The second kappa shape index (κ2) is 5.52. The first-order valence-corrected chi connectivity index (χ1v) is 8.90. The molecule has 2 fully saturated rings. The lowest BCUT2D eigenvalue weighted by Gasteiger charge is -2.39. The van der Waals surface area contributed by atoms with Gasteiger partial charge in [-0.15, -0.1) is 0 Å². The summed E-state index contributed by atoms with van der Waals surface area (Å²) in [4.78, 5) is 23.5. The number of fused-ring (bicyclic) bond motifs is 2. The molecule has 1 amide bonds. The lowest BCUT2D eigenvalue weighted by Crippen LogP contribution is -2.41. The highest BCUT2D eigenvalue weighted by atomic mass is 32.2. The maximum atomic E-state index is 12.9. The molecule has 0 radical (unpaired) electrons. The number of amides is 1. The van der Waals surface area contributed by atoms with Crippen molar-refractivity contribution in [2.45, 2.75) is 63.4 Å². The van der Waals surface area contributed by atoms with Crippen molar-refractivity contribution in [2.75, 3.05) is 6.54 Å². The third-order valence-corrected chi connectivity index (χ3v) is 5.85. The Hall–Kier alpha value is -1.10. The number of thioether (sulfide) groups is 1. The smallest absolute Gasteiger partial charge is 0.236 e. The van der Waals surface area contributed by atoms with Crippen molar-refractivity contribution in [3.05, 3.63) is 18.5 Å². The lowest BCUT2D eigenvalue weighted by molar-refractivity contribution is -0.131. The van der Waals surface area contributed by atoms with E-state index in [0.29, 0.717) is 16.6 Å². The highest BCUT2D eigenvalue weighted by molar-refractivity contribution is 8.00. The Morgan fingerprint density at radius 2 is 2.00 bits per heavy atom. The van der Waals surface area contributed by atoms with Gasteiger partial charge in [-0.2, -0.15) is 0 Å². The molecule has 0 spiro atoms. The molecule has 120 valence electrons. The van der Waals surface area contributed by atoms with Gasteiger partial charge >= 0.3 is 0 Å². The molecule has 2 aliphatic rings. The van der Waals surface area contributed by atoms with Gasteiger partial charge in [0.2, 0.25) is 5.91 Å². The molecule has 2 bridgehead atoms. The van der Waals surface area contributed by atoms with E-state index in [1.165, 1.54) is 18.2 Å². The summed E-state index contributed by atoms with van der Waals surface area (Å²) in [5, 5.41) is 0.547. The molecular formula is C17H25N3OS. The van der Waals surface area contributed by atoms with Gasteiger partial charge in [-0.05, 0) is 43.1 Å². The molecule has 1 saturated heterocycles. The minimum atomic E-state index is -0.131. The van der Waals surface area contributed by atoms with E-state index in [4.69, 9.17) is 0 Å². The summed E-state index contributed by atoms with van der Waals surface area (Å²) < 4.78 is 0. The summed E-state index contributed by atoms with van der Waals surface area (Å²) in [6.45, 7) is 9.88. The van der Waals surface area contributed by atoms with Gasteiger partial charge in [-0.3, -0.25) is 4.79 Å². The molecule has 0 N–H and O–H groups in total. The summed E-state index contributed by atoms with van der Waals surface area (Å²) in [5.74, 6) is 0.240. The molecule has 3 atom stereocenters. The Kier molecular flexibility index (Phi) is 3.96. The van der Waals surface area contributed by atoms with E-state index >= 15 is 0 Å². The number of hydrogen-bond acceptors (Lipinski definition) is 4. The maximum absolute atomic E-state index is 12.9. The Balaban J connectivity index is 1.70. The molecule has 4 nitrogen and oxygen atoms in total. The van der Waals surface area contributed by atoms with Gasteiger partial charge in [0.1, 0.15) is 0 Å². The first-order chi connectivity index (χ1) is 10.3. The first kappa shape index (κ1) is 15.8. The molecule has 1 aliphatic heterocycles. The SMILES string of the molecule is CC(Sc1ncccn1)C(=O)N1CC2(C)CC1CC(C)(C)C2. The Morgan fingerprint density at radius 1 is 1.32 bits per heavy atom. The highest BCUT2D eigenvalue weighted by Gasteiger charge is 2.51. The standard InChI is InChI=1S/C17H25N3OS/c1-12(22-15-18-6-5-7-19-15)14(21)20-11-17(4)9-13(20)8-16(2,3)10-17/h5-7,12-13H,8-11H2,1-4H3. The van der Waals surface area contributed by atoms with Crippen molar-refractivity contribution in [3.63, 3.8) is 0 Å². The molecular weight excluding hydrogens is 294 g/mol. The summed E-state index contributed by atoms with van der Waals surface area (Å²) in [7, 11) is 0. The Bertz CT molecular complexity index is 562. The number of hydrogen-bond donors (Lipinski definition) is 0. The average molecular weight is 319 g/mol. The fraction of sp³-hybridized carbons (Fsp3) is 0.706. The predicted molar refractivity (Wildman–Crippen MR) is 88.6 cm³/mol. The molecule has 1 saturated carbocycles. The quantitative estimate of drug-likeness (QED) is 0.633. The van der Waals surface area contributed by atoms with Crippen molar-refractivity contribution in [2.24, 2.45) is 10.8 Å². The summed E-state index contributed by atoms with van der Waals surface area (Å²) >= 11 is 1.46. The van der Waals surface area contributed by atoms with Gasteiger partial charge in [-0.1, -0.05) is 32.5 Å². The van der Waals surface area contributed by atoms with Gasteiger partial charge in [0.15, 0.2) is 5.16 Å². The fourth-order valence-electron chi connectivity index (χ4n) is 4.51. The number of carbonyl (C=O) groups excluding carboxylic acids is 1. The van der Waals surface area contributed by atoms with Crippen molar-refractivity contribution in [1.29, 1.82) is 0 Å². The van der Waals surface area contributed by atoms with Crippen LogP contribution >= 0.6 is 11.8 Å². The van der Waals surface area contributed by atoms with E-state index in [2.05, 4.69) is 35.6 Å². The third-order valence-electron chi connectivity index (χ3n) is 4.87. The number of carbonyl (C=O) groups is 1. The number of likely N-dealkylation sites (tertiary alicyclic amines) is 1. The highest BCUT2D eigenvalue weighted by Crippen LogP contribution is 2.52. The largest absolute Gasteiger partial charge is 0.338 e. The third kappa shape index (κ3) is 3.14. The fourth-order valence-corrected chi connectivity index (χ4v) is 5.30. The molecule has 5 heteroatoms. The van der Waals surface area contributed by atoms with Crippen LogP contribution in [0.3, 0.4) is 0 Å². The molecule has 1 aliphatic carbocycles. The second-order valence-electron chi connectivity index (χ2n) is 7.97. The predicted octanol–water partition coefficient (Wildman–Crippen LogP) is 3.38. The molecule has 2 heterocycles. The van der Waals surface area contributed by atoms with Gasteiger partial charge < -0.3 is 4.90 Å². The van der Waals surface area contributed by atoms with E-state index in [1.54, 1.807) is 18.5 Å². The van der Waals surface area contributed by atoms with Crippen LogP contribution in [0, 0.1) is 10.8 Å². The molecule has 1 aromatic rings. The summed E-state index contributed by atoms with van der Waals surface area (Å²) in [6, 6.07) is 2.20. The van der Waals surface area contributed by atoms with E-state index < -0.39 is 0 Å². The summed E-state index contributed by atoms with van der Waals surface area (Å²) in [5.41, 5.74) is 0.626. The minimum absolute atomic E-state index is 0.131.